The Morgan fingerprint density at radius 3 is 2.66 bits per heavy atom. The van der Waals surface area contributed by atoms with Crippen molar-refractivity contribution < 1.29 is 4.79 Å². The molecule has 0 atom stereocenters. The second kappa shape index (κ2) is 10.3. The first-order valence-corrected chi connectivity index (χ1v) is 11.9. The summed E-state index contributed by atoms with van der Waals surface area (Å²) in [5.74, 6) is 1.76. The number of amides is 1. The number of hydrogen-bond acceptors (Lipinski definition) is 5. The van der Waals surface area contributed by atoms with E-state index in [9.17, 15) is 4.79 Å². The van der Waals surface area contributed by atoms with Gasteiger partial charge in [-0.2, -0.15) is 5.10 Å². The highest BCUT2D eigenvalue weighted by atomic mass is 79.9. The van der Waals surface area contributed by atoms with Crippen LogP contribution in [0.4, 0.5) is 5.82 Å². The van der Waals surface area contributed by atoms with Gasteiger partial charge >= 0.3 is 0 Å². The summed E-state index contributed by atoms with van der Waals surface area (Å²) in [6, 6.07) is 9.97. The molecular weight excluding hydrogens is 468 g/mol. The van der Waals surface area contributed by atoms with E-state index in [0.717, 1.165) is 51.7 Å². The van der Waals surface area contributed by atoms with E-state index in [4.69, 9.17) is 5.10 Å². The van der Waals surface area contributed by atoms with Gasteiger partial charge in [-0.25, -0.2) is 14.6 Å². The zero-order valence-corrected chi connectivity index (χ0v) is 20.2. The molecule has 3 aromatic rings. The van der Waals surface area contributed by atoms with Crippen molar-refractivity contribution >= 4 is 27.7 Å². The van der Waals surface area contributed by atoms with Crippen LogP contribution in [0.25, 0.3) is 5.82 Å². The number of aryl methyl sites for hydroxylation is 1. The Morgan fingerprint density at radius 2 is 1.88 bits per heavy atom. The zero-order chi connectivity index (χ0) is 22.5. The normalized spacial score (nSPS) is 13.9. The number of rotatable bonds is 7. The Hall–Kier alpha value is -2.74. The molecule has 7 nitrogen and oxygen atoms in total. The lowest BCUT2D eigenvalue weighted by Gasteiger charge is -2.27. The highest BCUT2D eigenvalue weighted by Crippen LogP contribution is 2.22. The summed E-state index contributed by atoms with van der Waals surface area (Å²) in [6.07, 6.45) is 6.37. The van der Waals surface area contributed by atoms with E-state index in [1.807, 2.05) is 48.9 Å². The van der Waals surface area contributed by atoms with E-state index in [-0.39, 0.29) is 5.91 Å². The van der Waals surface area contributed by atoms with Gasteiger partial charge in [0.05, 0.1) is 5.69 Å². The van der Waals surface area contributed by atoms with Crippen LogP contribution in [0.5, 0.6) is 0 Å². The molecular formula is C24H29BrN6O. The molecule has 1 N–H and O–H groups in total. The summed E-state index contributed by atoms with van der Waals surface area (Å²) < 4.78 is 2.88. The zero-order valence-electron chi connectivity index (χ0n) is 18.6. The third-order valence-corrected chi connectivity index (χ3v) is 6.45. The van der Waals surface area contributed by atoms with Gasteiger partial charge in [0.1, 0.15) is 12.1 Å². The highest BCUT2D eigenvalue weighted by molar-refractivity contribution is 9.10. The number of hydrogen-bond donors (Lipinski definition) is 1. The van der Waals surface area contributed by atoms with Crippen LogP contribution in [0.15, 0.2) is 41.1 Å². The maximum Gasteiger partial charge on any atom is 0.220 e. The Kier molecular flexibility index (Phi) is 7.19. The van der Waals surface area contributed by atoms with E-state index in [1.165, 1.54) is 19.3 Å². The van der Waals surface area contributed by atoms with Crippen LogP contribution in [-0.2, 0) is 17.8 Å². The Morgan fingerprint density at radius 1 is 1.09 bits per heavy atom. The number of benzene rings is 1. The van der Waals surface area contributed by atoms with Crippen LogP contribution in [0.1, 0.15) is 48.2 Å². The lowest BCUT2D eigenvalue weighted by molar-refractivity contribution is -0.121. The molecule has 0 saturated carbocycles. The van der Waals surface area contributed by atoms with E-state index in [0.29, 0.717) is 19.4 Å². The molecule has 0 bridgehead atoms. The van der Waals surface area contributed by atoms with E-state index in [1.54, 1.807) is 6.33 Å². The third kappa shape index (κ3) is 5.35. The number of anilines is 1. The predicted octanol–water partition coefficient (Wildman–Crippen LogP) is 4.28. The van der Waals surface area contributed by atoms with Crippen LogP contribution in [-0.4, -0.2) is 38.7 Å². The first kappa shape index (κ1) is 22.5. The molecule has 1 saturated heterocycles. The number of nitrogens with zero attached hydrogens (tertiary/aromatic N) is 5. The van der Waals surface area contributed by atoms with Gasteiger partial charge in [0.25, 0.3) is 0 Å². The number of carbonyl (C=O) groups is 1. The van der Waals surface area contributed by atoms with Gasteiger partial charge in [0.15, 0.2) is 5.82 Å². The number of piperidine rings is 1. The fourth-order valence-corrected chi connectivity index (χ4v) is 4.63. The molecule has 1 fully saturated rings. The molecule has 3 heterocycles. The molecule has 168 valence electrons. The van der Waals surface area contributed by atoms with Crippen molar-refractivity contribution in [3.8, 4) is 5.82 Å². The van der Waals surface area contributed by atoms with Crippen molar-refractivity contribution in [2.45, 2.75) is 52.5 Å². The summed E-state index contributed by atoms with van der Waals surface area (Å²) >= 11 is 3.46. The van der Waals surface area contributed by atoms with Gasteiger partial charge in [-0.1, -0.05) is 28.1 Å². The number of nitrogens with one attached hydrogen (secondary N) is 1. The van der Waals surface area contributed by atoms with Crippen LogP contribution >= 0.6 is 15.9 Å². The molecule has 4 rings (SSSR count). The van der Waals surface area contributed by atoms with Crippen molar-refractivity contribution in [1.82, 2.24) is 25.1 Å². The van der Waals surface area contributed by atoms with Crippen LogP contribution in [0.2, 0.25) is 0 Å². The van der Waals surface area contributed by atoms with Crippen molar-refractivity contribution in [3.05, 3.63) is 63.6 Å². The van der Waals surface area contributed by atoms with E-state index < -0.39 is 0 Å². The lowest BCUT2D eigenvalue weighted by Crippen LogP contribution is -2.30. The molecule has 0 spiro atoms. The van der Waals surface area contributed by atoms with Crippen molar-refractivity contribution in [2.75, 3.05) is 18.0 Å². The summed E-state index contributed by atoms with van der Waals surface area (Å²) in [4.78, 5) is 23.7. The highest BCUT2D eigenvalue weighted by Gasteiger charge is 2.17. The first-order valence-electron chi connectivity index (χ1n) is 11.1. The second-order valence-corrected chi connectivity index (χ2v) is 9.17. The van der Waals surface area contributed by atoms with Gasteiger partial charge in [0.2, 0.25) is 5.91 Å². The molecule has 1 aliphatic rings. The SMILES string of the molecule is Cc1nn(-c2cc(N3CCCCC3)ncn2)c(C)c1CCC(=O)NCc1cccc(Br)c1. The van der Waals surface area contributed by atoms with Crippen LogP contribution in [0.3, 0.4) is 0 Å². The minimum absolute atomic E-state index is 0.0333. The van der Waals surface area contributed by atoms with Gasteiger partial charge in [-0.3, -0.25) is 4.79 Å². The average molecular weight is 497 g/mol. The fraction of sp³-hybridized carbons (Fsp3) is 0.417. The average Bonchev–Trinajstić information content (AvgIpc) is 3.10. The quantitative estimate of drug-likeness (QED) is 0.528. The predicted molar refractivity (Wildman–Crippen MR) is 129 cm³/mol. The molecule has 2 aromatic heterocycles. The Balaban J connectivity index is 1.41. The van der Waals surface area contributed by atoms with Crippen LogP contribution < -0.4 is 10.2 Å². The topological polar surface area (TPSA) is 75.9 Å². The molecule has 1 aromatic carbocycles. The van der Waals surface area contributed by atoms with E-state index in [2.05, 4.69) is 36.1 Å². The number of aromatic nitrogens is 4. The molecule has 1 aliphatic heterocycles. The fourth-order valence-electron chi connectivity index (χ4n) is 4.18. The summed E-state index contributed by atoms with van der Waals surface area (Å²) in [7, 11) is 0. The smallest absolute Gasteiger partial charge is 0.220 e. The monoisotopic (exact) mass is 496 g/mol. The van der Waals surface area contributed by atoms with Gasteiger partial charge in [0, 0.05) is 42.3 Å². The minimum atomic E-state index is 0.0333. The first-order chi connectivity index (χ1) is 15.5. The molecule has 0 unspecified atom stereocenters. The second-order valence-electron chi connectivity index (χ2n) is 8.25. The van der Waals surface area contributed by atoms with Crippen LogP contribution in [0, 0.1) is 13.8 Å². The molecule has 8 heteroatoms. The molecule has 0 radical (unpaired) electrons. The van der Waals surface area contributed by atoms with Crippen molar-refractivity contribution in [3.63, 3.8) is 0 Å². The molecule has 0 aliphatic carbocycles. The van der Waals surface area contributed by atoms with Gasteiger partial charge in [-0.15, -0.1) is 0 Å². The van der Waals surface area contributed by atoms with Crippen molar-refractivity contribution in [1.29, 1.82) is 0 Å². The molecule has 32 heavy (non-hydrogen) atoms. The number of halogens is 1. The van der Waals surface area contributed by atoms with E-state index >= 15 is 0 Å². The van der Waals surface area contributed by atoms with Crippen molar-refractivity contribution in [2.24, 2.45) is 0 Å². The standard InChI is InChI=1S/C24H29BrN6O/c1-17-21(9-10-24(32)26-15-19-7-6-8-20(25)13-19)18(2)31(29-17)23-14-22(27-16-28-23)30-11-4-3-5-12-30/h6-8,13-14,16H,3-5,9-12,15H2,1-2H3,(H,26,32). The Bertz CT molecular complexity index is 1090. The minimum Gasteiger partial charge on any atom is -0.356 e. The lowest BCUT2D eigenvalue weighted by atomic mass is 10.1. The Labute approximate surface area is 197 Å². The summed E-state index contributed by atoms with van der Waals surface area (Å²) in [5, 5.41) is 7.72. The van der Waals surface area contributed by atoms with Gasteiger partial charge < -0.3 is 10.2 Å². The third-order valence-electron chi connectivity index (χ3n) is 5.96. The maximum atomic E-state index is 12.4. The molecule has 1 amide bonds. The maximum absolute atomic E-state index is 12.4. The number of carbonyl (C=O) groups excluding carboxylic acids is 1. The van der Waals surface area contributed by atoms with Gasteiger partial charge in [-0.05, 0) is 62.8 Å². The summed E-state index contributed by atoms with van der Waals surface area (Å²) in [6.45, 7) is 6.62. The largest absolute Gasteiger partial charge is 0.356 e. The summed E-state index contributed by atoms with van der Waals surface area (Å²) in [5.41, 5.74) is 4.12.